The fourth-order valence-electron chi connectivity index (χ4n) is 1.39. The highest BCUT2D eigenvalue weighted by molar-refractivity contribution is 7.08. The number of aromatic nitrogens is 2. The zero-order valence-corrected chi connectivity index (χ0v) is 9.48. The van der Waals surface area contributed by atoms with Gasteiger partial charge in [-0.25, -0.2) is 0 Å². The van der Waals surface area contributed by atoms with Gasteiger partial charge in [0.2, 0.25) is 11.7 Å². The van der Waals surface area contributed by atoms with E-state index in [1.165, 1.54) is 0 Å². The Bertz CT molecular complexity index is 424. The van der Waals surface area contributed by atoms with E-state index in [-0.39, 0.29) is 18.4 Å². The molecule has 0 radical (unpaired) electrons. The van der Waals surface area contributed by atoms with Crippen LogP contribution in [0.4, 0.5) is 0 Å². The van der Waals surface area contributed by atoms with Gasteiger partial charge in [0, 0.05) is 10.9 Å². The van der Waals surface area contributed by atoms with Crippen molar-refractivity contribution in [1.82, 2.24) is 15.5 Å². The summed E-state index contributed by atoms with van der Waals surface area (Å²) in [6, 6.07) is 2.27. The third-order valence-corrected chi connectivity index (χ3v) is 3.03. The Morgan fingerprint density at radius 2 is 2.40 bits per heavy atom. The molecule has 3 heterocycles. The average Bonchev–Trinajstić information content (AvgIpc) is 2.65. The first-order valence-electron chi connectivity index (χ1n) is 4.53. The molecule has 0 bridgehead atoms. The highest BCUT2D eigenvalue weighted by atomic mass is 35.5. The van der Waals surface area contributed by atoms with E-state index in [1.54, 1.807) is 11.3 Å². The third kappa shape index (κ3) is 1.90. The lowest BCUT2D eigenvalue weighted by molar-refractivity contribution is 0.273. The second-order valence-electron chi connectivity index (χ2n) is 3.26. The van der Waals surface area contributed by atoms with E-state index in [2.05, 4.69) is 15.5 Å². The lowest BCUT2D eigenvalue weighted by Gasteiger charge is -2.23. The Hall–Kier alpha value is -0.910. The summed E-state index contributed by atoms with van der Waals surface area (Å²) in [6.45, 7) is 1.04. The highest BCUT2D eigenvalue weighted by Gasteiger charge is 2.24. The lowest BCUT2D eigenvalue weighted by atomic mass is 10.1. The van der Waals surface area contributed by atoms with Gasteiger partial charge in [0.05, 0.1) is 6.04 Å². The van der Waals surface area contributed by atoms with E-state index in [0.717, 1.165) is 18.5 Å². The van der Waals surface area contributed by atoms with E-state index in [0.29, 0.717) is 11.7 Å². The van der Waals surface area contributed by atoms with E-state index in [9.17, 15) is 0 Å². The molecule has 15 heavy (non-hydrogen) atoms. The lowest BCUT2D eigenvalue weighted by Crippen LogP contribution is -2.35. The Balaban J connectivity index is 0.000000853. The third-order valence-electron chi connectivity index (χ3n) is 2.34. The van der Waals surface area contributed by atoms with Crippen molar-refractivity contribution in [3.05, 3.63) is 22.7 Å². The zero-order chi connectivity index (χ0) is 9.38. The molecule has 0 spiro atoms. The van der Waals surface area contributed by atoms with Crippen molar-refractivity contribution in [3.63, 3.8) is 0 Å². The van der Waals surface area contributed by atoms with Gasteiger partial charge in [0.15, 0.2) is 0 Å². The summed E-state index contributed by atoms with van der Waals surface area (Å²) in [7, 11) is 0. The van der Waals surface area contributed by atoms with Crippen molar-refractivity contribution in [2.45, 2.75) is 12.5 Å². The van der Waals surface area contributed by atoms with Crippen molar-refractivity contribution >= 4 is 23.7 Å². The molecule has 2 aromatic heterocycles. The predicted molar refractivity (Wildman–Crippen MR) is 60.2 cm³/mol. The van der Waals surface area contributed by atoms with Crippen molar-refractivity contribution in [2.24, 2.45) is 0 Å². The maximum Gasteiger partial charge on any atom is 0.244 e. The standard InChI is InChI=1S/C9H9N3OS.ClH/c1-3-10-7(1)9-11-8(12-13-9)6-2-4-14-5-6;/h2,4-5,7,10H,1,3H2;1H/t7-;/m1./s1. The Morgan fingerprint density at radius 3 is 3.00 bits per heavy atom. The van der Waals surface area contributed by atoms with Crippen molar-refractivity contribution in [1.29, 1.82) is 0 Å². The summed E-state index contributed by atoms with van der Waals surface area (Å²) in [5, 5.41) is 11.2. The Kier molecular flexibility index (Phi) is 3.04. The SMILES string of the molecule is Cl.c1cc(-c2noc([C@H]3CCN3)n2)cs1. The van der Waals surface area contributed by atoms with Crippen LogP contribution < -0.4 is 5.32 Å². The van der Waals surface area contributed by atoms with Crippen LogP contribution in [-0.2, 0) is 0 Å². The zero-order valence-electron chi connectivity index (χ0n) is 7.84. The van der Waals surface area contributed by atoms with Gasteiger partial charge in [-0.1, -0.05) is 5.16 Å². The number of nitrogens with zero attached hydrogens (tertiary/aromatic N) is 2. The van der Waals surface area contributed by atoms with Crippen LogP contribution in [-0.4, -0.2) is 16.7 Å². The fourth-order valence-corrected chi connectivity index (χ4v) is 2.02. The topological polar surface area (TPSA) is 51.0 Å². The van der Waals surface area contributed by atoms with E-state index in [1.807, 2.05) is 16.8 Å². The van der Waals surface area contributed by atoms with Gasteiger partial charge in [0.1, 0.15) is 0 Å². The van der Waals surface area contributed by atoms with Crippen LogP contribution >= 0.6 is 23.7 Å². The van der Waals surface area contributed by atoms with Gasteiger partial charge in [-0.3, -0.25) is 0 Å². The van der Waals surface area contributed by atoms with E-state index in [4.69, 9.17) is 4.52 Å². The van der Waals surface area contributed by atoms with Crippen LogP contribution in [0.2, 0.25) is 0 Å². The van der Waals surface area contributed by atoms with Crippen LogP contribution in [0.15, 0.2) is 21.3 Å². The largest absolute Gasteiger partial charge is 0.337 e. The first kappa shape index (κ1) is 10.6. The van der Waals surface area contributed by atoms with Gasteiger partial charge < -0.3 is 9.84 Å². The molecule has 3 rings (SSSR count). The van der Waals surface area contributed by atoms with Gasteiger partial charge >= 0.3 is 0 Å². The number of hydrogen-bond acceptors (Lipinski definition) is 5. The first-order chi connectivity index (χ1) is 6.93. The molecule has 1 aliphatic heterocycles. The molecule has 1 aliphatic rings. The second-order valence-corrected chi connectivity index (χ2v) is 4.04. The van der Waals surface area contributed by atoms with Crippen molar-refractivity contribution in [3.8, 4) is 11.4 Å². The first-order valence-corrected chi connectivity index (χ1v) is 5.47. The van der Waals surface area contributed by atoms with Crippen LogP contribution in [0.3, 0.4) is 0 Å². The fraction of sp³-hybridized carbons (Fsp3) is 0.333. The van der Waals surface area contributed by atoms with Crippen LogP contribution in [0, 0.1) is 0 Å². The quantitative estimate of drug-likeness (QED) is 0.879. The van der Waals surface area contributed by atoms with Crippen molar-refractivity contribution < 1.29 is 4.52 Å². The Morgan fingerprint density at radius 1 is 1.53 bits per heavy atom. The number of thiophene rings is 1. The van der Waals surface area contributed by atoms with E-state index >= 15 is 0 Å². The number of rotatable bonds is 2. The monoisotopic (exact) mass is 243 g/mol. The van der Waals surface area contributed by atoms with E-state index < -0.39 is 0 Å². The Labute approximate surface area is 97.1 Å². The molecular weight excluding hydrogens is 234 g/mol. The van der Waals surface area contributed by atoms with Gasteiger partial charge in [-0.05, 0) is 24.4 Å². The van der Waals surface area contributed by atoms with Gasteiger partial charge in [-0.2, -0.15) is 16.3 Å². The summed E-state index contributed by atoms with van der Waals surface area (Å²) >= 11 is 1.63. The molecule has 4 nitrogen and oxygen atoms in total. The number of hydrogen-bond donors (Lipinski definition) is 1. The molecule has 0 aromatic carbocycles. The summed E-state index contributed by atoms with van der Waals surface area (Å²) in [6.07, 6.45) is 1.09. The molecule has 0 aliphatic carbocycles. The normalized spacial score (nSPS) is 19.3. The van der Waals surface area contributed by atoms with Crippen LogP contribution in [0.25, 0.3) is 11.4 Å². The molecule has 80 valence electrons. The van der Waals surface area contributed by atoms with Crippen LogP contribution in [0.5, 0.6) is 0 Å². The maximum absolute atomic E-state index is 5.17. The number of nitrogens with one attached hydrogen (secondary N) is 1. The summed E-state index contributed by atoms with van der Waals surface area (Å²) < 4.78 is 5.17. The molecule has 0 saturated carbocycles. The molecule has 1 N–H and O–H groups in total. The van der Waals surface area contributed by atoms with Gasteiger partial charge in [0.25, 0.3) is 0 Å². The molecule has 0 unspecified atom stereocenters. The molecule has 1 atom stereocenters. The summed E-state index contributed by atoms with van der Waals surface area (Å²) in [4.78, 5) is 4.34. The minimum absolute atomic E-state index is 0. The predicted octanol–water partition coefficient (Wildman–Crippen LogP) is 2.25. The van der Waals surface area contributed by atoms with Gasteiger partial charge in [-0.15, -0.1) is 12.4 Å². The minimum Gasteiger partial charge on any atom is -0.337 e. The summed E-state index contributed by atoms with van der Waals surface area (Å²) in [5.74, 6) is 1.40. The minimum atomic E-state index is 0. The molecule has 0 amide bonds. The molecule has 1 fully saturated rings. The smallest absolute Gasteiger partial charge is 0.244 e. The molecular formula is C9H10ClN3OS. The van der Waals surface area contributed by atoms with Crippen LogP contribution in [0.1, 0.15) is 18.4 Å². The second kappa shape index (κ2) is 4.30. The number of halogens is 1. The molecule has 1 saturated heterocycles. The molecule has 2 aromatic rings. The summed E-state index contributed by atoms with van der Waals surface area (Å²) in [5.41, 5.74) is 1.03. The van der Waals surface area contributed by atoms with Crippen molar-refractivity contribution in [2.75, 3.05) is 6.54 Å². The highest BCUT2D eigenvalue weighted by Crippen LogP contribution is 2.24. The average molecular weight is 244 g/mol. The molecule has 6 heteroatoms. The maximum atomic E-state index is 5.17.